The number of nitrogens with one attached hydrogen (secondary N) is 1. The van der Waals surface area contributed by atoms with Crippen LogP contribution in [-0.4, -0.2) is 49.5 Å². The third kappa shape index (κ3) is 6.97. The number of nitrogens with zero attached hydrogens (tertiary/aromatic N) is 3. The highest BCUT2D eigenvalue weighted by atomic mass is 127. The quantitative estimate of drug-likeness (QED) is 0.428. The van der Waals surface area contributed by atoms with E-state index in [2.05, 4.69) is 67.3 Å². The maximum absolute atomic E-state index is 4.87. The molecule has 2 rings (SSSR count). The molecule has 136 valence electrons. The Morgan fingerprint density at radius 2 is 1.92 bits per heavy atom. The molecule has 1 fully saturated rings. The predicted octanol–water partition coefficient (Wildman–Crippen LogP) is 3.56. The molecule has 0 unspecified atom stereocenters. The van der Waals surface area contributed by atoms with Crippen LogP contribution in [0.25, 0.3) is 0 Å². The van der Waals surface area contributed by atoms with E-state index in [0.717, 1.165) is 44.6 Å². The van der Waals surface area contributed by atoms with E-state index in [1.54, 1.807) is 0 Å². The zero-order valence-electron chi connectivity index (χ0n) is 15.6. The van der Waals surface area contributed by atoms with E-state index in [1.165, 1.54) is 24.0 Å². The fraction of sp³-hybridized carbons (Fsp3) is 0.632. The van der Waals surface area contributed by atoms with Crippen LogP contribution < -0.4 is 5.32 Å². The van der Waals surface area contributed by atoms with E-state index in [-0.39, 0.29) is 24.0 Å². The van der Waals surface area contributed by atoms with Gasteiger partial charge < -0.3 is 15.1 Å². The topological polar surface area (TPSA) is 30.9 Å². The fourth-order valence-electron chi connectivity index (χ4n) is 3.00. The molecule has 0 bridgehead atoms. The highest BCUT2D eigenvalue weighted by molar-refractivity contribution is 14.0. The first-order valence-electron chi connectivity index (χ1n) is 8.84. The first-order valence-corrected chi connectivity index (χ1v) is 8.84. The van der Waals surface area contributed by atoms with Crippen LogP contribution in [0.15, 0.2) is 29.3 Å². The smallest absolute Gasteiger partial charge is 0.194 e. The number of aliphatic imine (C=N–C) groups is 1. The molecule has 0 saturated carbocycles. The van der Waals surface area contributed by atoms with Crippen molar-refractivity contribution in [2.24, 2.45) is 10.9 Å². The van der Waals surface area contributed by atoms with Gasteiger partial charge in [-0.3, -0.25) is 0 Å². The molecule has 0 amide bonds. The Morgan fingerprint density at radius 3 is 2.54 bits per heavy atom. The average molecular weight is 444 g/mol. The lowest BCUT2D eigenvalue weighted by atomic mass is 10.00. The van der Waals surface area contributed by atoms with E-state index in [0.29, 0.717) is 0 Å². The summed E-state index contributed by atoms with van der Waals surface area (Å²) in [5.74, 6) is 1.91. The van der Waals surface area contributed by atoms with Crippen molar-refractivity contribution in [3.63, 3.8) is 0 Å². The number of halogens is 1. The molecular weight excluding hydrogens is 411 g/mol. The number of hydrogen-bond acceptors (Lipinski definition) is 2. The Kier molecular flexibility index (Phi) is 9.66. The standard InChI is InChI=1S/C19H32N4.HI/c1-5-20-19(23-11-9-16(2)10-12-23)21-14-17-7-6-8-18(13-17)15-22(3)4;/h6-8,13,16H,5,9-12,14-15H2,1-4H3,(H,20,21);1H. The fourth-order valence-corrected chi connectivity index (χ4v) is 3.00. The molecule has 1 aliphatic rings. The summed E-state index contributed by atoms with van der Waals surface area (Å²) in [7, 11) is 4.21. The molecule has 1 heterocycles. The molecule has 1 N–H and O–H groups in total. The average Bonchev–Trinajstić information content (AvgIpc) is 2.52. The van der Waals surface area contributed by atoms with Crippen LogP contribution in [-0.2, 0) is 13.1 Å². The first-order chi connectivity index (χ1) is 11.1. The second-order valence-electron chi connectivity index (χ2n) is 6.90. The Morgan fingerprint density at radius 1 is 1.25 bits per heavy atom. The van der Waals surface area contributed by atoms with Crippen molar-refractivity contribution in [2.45, 2.75) is 39.8 Å². The van der Waals surface area contributed by atoms with E-state index >= 15 is 0 Å². The van der Waals surface area contributed by atoms with Gasteiger partial charge in [0.25, 0.3) is 0 Å². The summed E-state index contributed by atoms with van der Waals surface area (Å²) < 4.78 is 0. The molecule has 0 spiro atoms. The normalized spacial score (nSPS) is 16.2. The van der Waals surface area contributed by atoms with Crippen LogP contribution >= 0.6 is 24.0 Å². The van der Waals surface area contributed by atoms with Crippen molar-refractivity contribution in [2.75, 3.05) is 33.7 Å². The highest BCUT2D eigenvalue weighted by Crippen LogP contribution is 2.16. The minimum atomic E-state index is 0. The number of rotatable bonds is 5. The molecule has 1 aromatic rings. The highest BCUT2D eigenvalue weighted by Gasteiger charge is 2.18. The number of piperidine rings is 1. The van der Waals surface area contributed by atoms with Crippen LogP contribution in [0.4, 0.5) is 0 Å². The van der Waals surface area contributed by atoms with Gasteiger partial charge in [0.2, 0.25) is 0 Å². The lowest BCUT2D eigenvalue weighted by molar-refractivity contribution is 0.273. The van der Waals surface area contributed by atoms with Crippen molar-refractivity contribution in [1.82, 2.24) is 15.1 Å². The largest absolute Gasteiger partial charge is 0.357 e. The van der Waals surface area contributed by atoms with E-state index in [9.17, 15) is 0 Å². The molecule has 0 radical (unpaired) electrons. The third-order valence-electron chi connectivity index (χ3n) is 4.32. The minimum absolute atomic E-state index is 0. The van der Waals surface area contributed by atoms with Gasteiger partial charge >= 0.3 is 0 Å². The van der Waals surface area contributed by atoms with Crippen LogP contribution in [0.5, 0.6) is 0 Å². The monoisotopic (exact) mass is 444 g/mol. The van der Waals surface area contributed by atoms with Crippen LogP contribution in [0.1, 0.15) is 37.8 Å². The Hall–Kier alpha value is -0.820. The maximum atomic E-state index is 4.87. The maximum Gasteiger partial charge on any atom is 0.194 e. The van der Waals surface area contributed by atoms with E-state index in [1.807, 2.05) is 0 Å². The Bertz CT molecular complexity index is 508. The minimum Gasteiger partial charge on any atom is -0.357 e. The van der Waals surface area contributed by atoms with E-state index in [4.69, 9.17) is 4.99 Å². The van der Waals surface area contributed by atoms with Gasteiger partial charge in [-0.05, 0) is 50.9 Å². The van der Waals surface area contributed by atoms with Gasteiger partial charge in [0, 0.05) is 26.2 Å². The number of hydrogen-bond donors (Lipinski definition) is 1. The number of guanidine groups is 1. The van der Waals surface area contributed by atoms with Crippen molar-refractivity contribution < 1.29 is 0 Å². The molecule has 1 aromatic carbocycles. The molecule has 0 aliphatic carbocycles. The summed E-state index contributed by atoms with van der Waals surface area (Å²) in [5, 5.41) is 3.45. The van der Waals surface area contributed by atoms with E-state index < -0.39 is 0 Å². The zero-order valence-corrected chi connectivity index (χ0v) is 17.9. The molecule has 0 aromatic heterocycles. The van der Waals surface area contributed by atoms with Gasteiger partial charge in [-0.15, -0.1) is 24.0 Å². The predicted molar refractivity (Wildman–Crippen MR) is 114 cm³/mol. The van der Waals surface area contributed by atoms with Gasteiger partial charge in [-0.25, -0.2) is 4.99 Å². The van der Waals surface area contributed by atoms with Crippen molar-refractivity contribution in [3.05, 3.63) is 35.4 Å². The van der Waals surface area contributed by atoms with Gasteiger partial charge in [0.05, 0.1) is 6.54 Å². The van der Waals surface area contributed by atoms with Crippen LogP contribution in [0, 0.1) is 5.92 Å². The Balaban J connectivity index is 0.00000288. The summed E-state index contributed by atoms with van der Waals surface area (Å²) in [5.41, 5.74) is 2.63. The Labute approximate surface area is 164 Å². The summed E-state index contributed by atoms with van der Waals surface area (Å²) in [6.45, 7) is 9.36. The number of benzene rings is 1. The van der Waals surface area contributed by atoms with Crippen molar-refractivity contribution in [1.29, 1.82) is 0 Å². The summed E-state index contributed by atoms with van der Waals surface area (Å²) in [6.07, 6.45) is 2.53. The molecular formula is C19H33IN4. The zero-order chi connectivity index (χ0) is 16.7. The summed E-state index contributed by atoms with van der Waals surface area (Å²) in [4.78, 5) is 9.48. The molecule has 0 atom stereocenters. The molecule has 4 nitrogen and oxygen atoms in total. The summed E-state index contributed by atoms with van der Waals surface area (Å²) >= 11 is 0. The molecule has 1 saturated heterocycles. The SMILES string of the molecule is CCNC(=NCc1cccc(CN(C)C)c1)N1CCC(C)CC1.I. The summed E-state index contributed by atoms with van der Waals surface area (Å²) in [6, 6.07) is 8.76. The van der Waals surface area contributed by atoms with Crippen molar-refractivity contribution in [3.8, 4) is 0 Å². The second kappa shape index (κ2) is 10.9. The first kappa shape index (κ1) is 21.2. The second-order valence-corrected chi connectivity index (χ2v) is 6.90. The van der Waals surface area contributed by atoms with Gasteiger partial charge in [-0.2, -0.15) is 0 Å². The van der Waals surface area contributed by atoms with Crippen molar-refractivity contribution >= 4 is 29.9 Å². The molecule has 24 heavy (non-hydrogen) atoms. The number of likely N-dealkylation sites (tertiary alicyclic amines) is 1. The lowest BCUT2D eigenvalue weighted by Gasteiger charge is -2.33. The lowest BCUT2D eigenvalue weighted by Crippen LogP contribution is -2.45. The molecule has 5 heteroatoms. The third-order valence-corrected chi connectivity index (χ3v) is 4.32. The van der Waals surface area contributed by atoms with Crippen LogP contribution in [0.3, 0.4) is 0 Å². The van der Waals surface area contributed by atoms with Gasteiger partial charge in [-0.1, -0.05) is 31.2 Å². The molecule has 1 aliphatic heterocycles. The van der Waals surface area contributed by atoms with Gasteiger partial charge in [0.1, 0.15) is 0 Å². The van der Waals surface area contributed by atoms with Crippen LogP contribution in [0.2, 0.25) is 0 Å². The van der Waals surface area contributed by atoms with Gasteiger partial charge in [0.15, 0.2) is 5.96 Å².